The number of rotatable bonds is 6. The molecular formula is C25H29N3O2. The summed E-state index contributed by atoms with van der Waals surface area (Å²) in [4.78, 5) is 19.8. The number of aromatic nitrogens is 1. The van der Waals surface area contributed by atoms with E-state index >= 15 is 0 Å². The lowest BCUT2D eigenvalue weighted by Gasteiger charge is -2.32. The third kappa shape index (κ3) is 4.79. The van der Waals surface area contributed by atoms with Crippen LogP contribution in [0.2, 0.25) is 0 Å². The highest BCUT2D eigenvalue weighted by Gasteiger charge is 2.28. The average Bonchev–Trinajstić information content (AvgIpc) is 3.28. The summed E-state index contributed by atoms with van der Waals surface area (Å²) in [5.74, 6) is 1.13. The van der Waals surface area contributed by atoms with Gasteiger partial charge in [-0.3, -0.25) is 14.7 Å². The molecule has 1 amide bonds. The van der Waals surface area contributed by atoms with Crippen molar-refractivity contribution in [3.05, 3.63) is 89.1 Å². The number of piperidine rings is 1. The van der Waals surface area contributed by atoms with Crippen LogP contribution in [0, 0.1) is 19.8 Å². The first-order chi connectivity index (χ1) is 14.6. The van der Waals surface area contributed by atoms with E-state index in [1.807, 2.05) is 30.5 Å². The number of hydrogen-bond donors (Lipinski definition) is 1. The van der Waals surface area contributed by atoms with E-state index in [1.54, 1.807) is 12.5 Å². The van der Waals surface area contributed by atoms with Crippen molar-refractivity contribution < 1.29 is 9.21 Å². The molecule has 0 radical (unpaired) electrons. The van der Waals surface area contributed by atoms with Crippen LogP contribution < -0.4 is 5.32 Å². The molecule has 30 heavy (non-hydrogen) atoms. The number of carbonyl (C=O) groups excluding carboxylic acids is 1. The molecule has 0 aliphatic carbocycles. The second-order valence-electron chi connectivity index (χ2n) is 8.22. The molecule has 0 saturated carbocycles. The topological polar surface area (TPSA) is 58.4 Å². The normalized spacial score (nSPS) is 16.3. The molecule has 0 spiro atoms. The second-order valence-corrected chi connectivity index (χ2v) is 8.22. The zero-order chi connectivity index (χ0) is 20.9. The summed E-state index contributed by atoms with van der Waals surface area (Å²) >= 11 is 0. The van der Waals surface area contributed by atoms with E-state index in [0.717, 1.165) is 49.4 Å². The third-order valence-corrected chi connectivity index (χ3v) is 5.97. The molecule has 1 aliphatic heterocycles. The number of likely N-dealkylation sites (tertiary alicyclic amines) is 1. The Balaban J connectivity index is 1.45. The molecule has 5 heteroatoms. The van der Waals surface area contributed by atoms with Crippen molar-refractivity contribution >= 4 is 5.91 Å². The Bertz CT molecular complexity index is 961. The molecule has 4 rings (SSSR count). The van der Waals surface area contributed by atoms with Crippen LogP contribution in [-0.4, -0.2) is 28.9 Å². The highest BCUT2D eigenvalue weighted by atomic mass is 16.3. The molecule has 1 atom stereocenters. The molecular weight excluding hydrogens is 374 g/mol. The monoisotopic (exact) mass is 403 g/mol. The van der Waals surface area contributed by atoms with Gasteiger partial charge in [-0.2, -0.15) is 0 Å². The first kappa shape index (κ1) is 20.4. The number of amides is 1. The van der Waals surface area contributed by atoms with Crippen LogP contribution >= 0.6 is 0 Å². The third-order valence-electron chi connectivity index (χ3n) is 5.97. The smallest absolute Gasteiger partial charge is 0.223 e. The molecule has 3 heterocycles. The SMILES string of the molecule is Cc1ccc(C)c(C(NC(=O)C2CCN(Cc3ccco3)CC2)c2cccnc2)c1. The van der Waals surface area contributed by atoms with Crippen molar-refractivity contribution in [2.45, 2.75) is 39.3 Å². The summed E-state index contributed by atoms with van der Waals surface area (Å²) < 4.78 is 5.46. The fourth-order valence-corrected chi connectivity index (χ4v) is 4.19. The Hall–Kier alpha value is -2.92. The molecule has 1 unspecified atom stereocenters. The molecule has 1 fully saturated rings. The van der Waals surface area contributed by atoms with Gasteiger partial charge in [0.25, 0.3) is 0 Å². The minimum absolute atomic E-state index is 0.0298. The average molecular weight is 404 g/mol. The lowest BCUT2D eigenvalue weighted by molar-refractivity contribution is -0.127. The van der Waals surface area contributed by atoms with Crippen molar-refractivity contribution in [2.75, 3.05) is 13.1 Å². The summed E-state index contributed by atoms with van der Waals surface area (Å²) in [5, 5.41) is 3.33. The van der Waals surface area contributed by atoms with Gasteiger partial charge in [0.05, 0.1) is 18.8 Å². The largest absolute Gasteiger partial charge is 0.468 e. The molecule has 1 aromatic carbocycles. The maximum atomic E-state index is 13.2. The highest BCUT2D eigenvalue weighted by molar-refractivity contribution is 5.79. The van der Waals surface area contributed by atoms with Gasteiger partial charge in [0.2, 0.25) is 5.91 Å². The van der Waals surface area contributed by atoms with Crippen LogP contribution in [0.5, 0.6) is 0 Å². The quantitative estimate of drug-likeness (QED) is 0.662. The Morgan fingerprint density at radius 1 is 1.20 bits per heavy atom. The molecule has 1 saturated heterocycles. The lowest BCUT2D eigenvalue weighted by atomic mass is 9.91. The number of benzene rings is 1. The highest BCUT2D eigenvalue weighted by Crippen LogP contribution is 2.27. The van der Waals surface area contributed by atoms with Crippen molar-refractivity contribution in [2.24, 2.45) is 5.92 Å². The summed E-state index contributed by atoms with van der Waals surface area (Å²) in [6, 6.07) is 14.1. The summed E-state index contributed by atoms with van der Waals surface area (Å²) in [7, 11) is 0. The van der Waals surface area contributed by atoms with E-state index in [2.05, 4.69) is 47.2 Å². The van der Waals surface area contributed by atoms with Crippen LogP contribution in [0.15, 0.2) is 65.5 Å². The van der Waals surface area contributed by atoms with Gasteiger partial charge in [-0.25, -0.2) is 0 Å². The number of carbonyl (C=O) groups is 1. The van der Waals surface area contributed by atoms with E-state index in [1.165, 1.54) is 11.1 Å². The van der Waals surface area contributed by atoms with Gasteiger partial charge in [-0.05, 0) is 74.7 Å². The van der Waals surface area contributed by atoms with Crippen molar-refractivity contribution in [1.82, 2.24) is 15.2 Å². The van der Waals surface area contributed by atoms with E-state index in [0.29, 0.717) is 0 Å². The van der Waals surface area contributed by atoms with E-state index in [4.69, 9.17) is 4.42 Å². The van der Waals surface area contributed by atoms with E-state index in [9.17, 15) is 4.79 Å². The number of nitrogens with one attached hydrogen (secondary N) is 1. The lowest BCUT2D eigenvalue weighted by Crippen LogP contribution is -2.41. The zero-order valence-electron chi connectivity index (χ0n) is 17.7. The molecule has 1 N–H and O–H groups in total. The van der Waals surface area contributed by atoms with Crippen molar-refractivity contribution in [1.29, 1.82) is 0 Å². The Labute approximate surface area is 178 Å². The Morgan fingerprint density at radius 2 is 2.03 bits per heavy atom. The second kappa shape index (κ2) is 9.26. The Kier molecular flexibility index (Phi) is 6.29. The molecule has 0 bridgehead atoms. The van der Waals surface area contributed by atoms with Gasteiger partial charge in [-0.15, -0.1) is 0 Å². The van der Waals surface area contributed by atoms with E-state index in [-0.39, 0.29) is 17.9 Å². The van der Waals surface area contributed by atoms with Crippen LogP contribution in [0.25, 0.3) is 0 Å². The number of nitrogens with zero attached hydrogens (tertiary/aromatic N) is 2. The standard InChI is InChI=1S/C25H29N3O2/c1-18-7-8-19(2)23(15-18)24(21-5-3-11-26-16-21)27-25(29)20-9-12-28(13-10-20)17-22-6-4-14-30-22/h3-8,11,14-16,20,24H,9-10,12-13,17H2,1-2H3,(H,27,29). The number of hydrogen-bond acceptors (Lipinski definition) is 4. The summed E-state index contributed by atoms with van der Waals surface area (Å²) in [6.07, 6.45) is 7.04. The minimum atomic E-state index is -0.188. The number of aryl methyl sites for hydroxylation is 2. The van der Waals surface area contributed by atoms with Gasteiger partial charge in [0.1, 0.15) is 5.76 Å². The zero-order valence-corrected chi connectivity index (χ0v) is 17.7. The van der Waals surface area contributed by atoms with Crippen molar-refractivity contribution in [3.63, 3.8) is 0 Å². The molecule has 5 nitrogen and oxygen atoms in total. The Morgan fingerprint density at radius 3 is 2.73 bits per heavy atom. The van der Waals surface area contributed by atoms with Gasteiger partial charge >= 0.3 is 0 Å². The minimum Gasteiger partial charge on any atom is -0.468 e. The predicted molar refractivity (Wildman–Crippen MR) is 117 cm³/mol. The predicted octanol–water partition coefficient (Wildman–Crippen LogP) is 4.41. The fraction of sp³-hybridized carbons (Fsp3) is 0.360. The molecule has 3 aromatic rings. The van der Waals surface area contributed by atoms with Gasteiger partial charge in [-0.1, -0.05) is 29.8 Å². The molecule has 1 aliphatic rings. The van der Waals surface area contributed by atoms with E-state index < -0.39 is 0 Å². The summed E-state index contributed by atoms with van der Waals surface area (Å²) in [5.41, 5.74) is 4.49. The van der Waals surface area contributed by atoms with Crippen LogP contribution in [0.1, 0.15) is 46.9 Å². The fourth-order valence-electron chi connectivity index (χ4n) is 4.19. The molecule has 156 valence electrons. The first-order valence-electron chi connectivity index (χ1n) is 10.6. The van der Waals surface area contributed by atoms with Crippen molar-refractivity contribution in [3.8, 4) is 0 Å². The van der Waals surface area contributed by atoms with Crippen LogP contribution in [0.3, 0.4) is 0 Å². The number of furan rings is 1. The molecule has 2 aromatic heterocycles. The van der Waals surface area contributed by atoms with Crippen LogP contribution in [0.4, 0.5) is 0 Å². The number of pyridine rings is 1. The maximum absolute atomic E-state index is 13.2. The maximum Gasteiger partial charge on any atom is 0.223 e. The van der Waals surface area contributed by atoms with Gasteiger partial charge < -0.3 is 9.73 Å². The van der Waals surface area contributed by atoms with Gasteiger partial charge in [0, 0.05) is 18.3 Å². The van der Waals surface area contributed by atoms with Gasteiger partial charge in [0.15, 0.2) is 0 Å². The first-order valence-corrected chi connectivity index (χ1v) is 10.6. The van der Waals surface area contributed by atoms with Crippen LogP contribution in [-0.2, 0) is 11.3 Å². The summed E-state index contributed by atoms with van der Waals surface area (Å²) in [6.45, 7) is 6.79.